The normalized spacial score (nSPS) is 43.0. The van der Waals surface area contributed by atoms with Gasteiger partial charge in [-0.2, -0.15) is 0 Å². The summed E-state index contributed by atoms with van der Waals surface area (Å²) in [6, 6.07) is 1.55. The number of hydrogen-bond donors (Lipinski definition) is 1. The highest BCUT2D eigenvalue weighted by molar-refractivity contribution is 4.90. The van der Waals surface area contributed by atoms with Gasteiger partial charge in [0.2, 0.25) is 0 Å². The molecule has 2 rings (SSSR count). The molecule has 70 valence electrons. The highest BCUT2D eigenvalue weighted by atomic mass is 16.3. The molecule has 1 N–H and O–H groups in total. The minimum absolute atomic E-state index is 0.404. The summed E-state index contributed by atoms with van der Waals surface area (Å²) >= 11 is 0. The van der Waals surface area contributed by atoms with E-state index in [1.54, 1.807) is 0 Å². The predicted molar refractivity (Wildman–Crippen MR) is 49.0 cm³/mol. The Kier molecular flexibility index (Phi) is 2.37. The number of rotatable bonds is 1. The van der Waals surface area contributed by atoms with Gasteiger partial charge in [-0.15, -0.1) is 0 Å². The van der Waals surface area contributed by atoms with Gasteiger partial charge in [-0.25, -0.2) is 0 Å². The third-order valence-corrected chi connectivity index (χ3v) is 3.70. The smallest absolute Gasteiger partial charge is 0.0460 e. The van der Waals surface area contributed by atoms with E-state index < -0.39 is 0 Å². The van der Waals surface area contributed by atoms with Crippen LogP contribution in [-0.2, 0) is 0 Å². The molecule has 2 aliphatic rings. The van der Waals surface area contributed by atoms with Crippen molar-refractivity contribution < 1.29 is 5.11 Å². The zero-order chi connectivity index (χ0) is 8.55. The van der Waals surface area contributed by atoms with E-state index >= 15 is 0 Å². The Balaban J connectivity index is 2.02. The average molecular weight is 169 g/mol. The highest BCUT2D eigenvalue weighted by Gasteiger charge is 2.35. The first kappa shape index (κ1) is 8.52. The van der Waals surface area contributed by atoms with Crippen LogP contribution in [0.25, 0.3) is 0 Å². The lowest BCUT2D eigenvalue weighted by Gasteiger charge is -2.46. The minimum atomic E-state index is 0.404. The van der Waals surface area contributed by atoms with Gasteiger partial charge in [0.05, 0.1) is 0 Å². The lowest BCUT2D eigenvalue weighted by Crippen LogP contribution is -2.50. The summed E-state index contributed by atoms with van der Waals surface area (Å²) in [7, 11) is 2.25. The van der Waals surface area contributed by atoms with Gasteiger partial charge in [0.25, 0.3) is 0 Å². The molecule has 2 unspecified atom stereocenters. The van der Waals surface area contributed by atoms with Crippen LogP contribution in [0.15, 0.2) is 0 Å². The molecule has 2 heterocycles. The van der Waals surface area contributed by atoms with Gasteiger partial charge in [0.15, 0.2) is 0 Å². The maximum absolute atomic E-state index is 9.11. The molecule has 2 atom stereocenters. The molecule has 0 aromatic rings. The van der Waals surface area contributed by atoms with Crippen molar-refractivity contribution in [3.8, 4) is 0 Å². The molecule has 2 bridgehead atoms. The van der Waals surface area contributed by atoms with Crippen LogP contribution in [0.2, 0.25) is 0 Å². The van der Waals surface area contributed by atoms with E-state index in [0.717, 1.165) is 12.1 Å². The fourth-order valence-corrected chi connectivity index (χ4v) is 2.88. The number of nitrogens with zero attached hydrogens (tertiary/aromatic N) is 1. The van der Waals surface area contributed by atoms with Crippen molar-refractivity contribution >= 4 is 0 Å². The number of aliphatic hydroxyl groups is 1. The summed E-state index contributed by atoms with van der Waals surface area (Å²) in [5.74, 6) is 0.594. The van der Waals surface area contributed by atoms with E-state index in [-0.39, 0.29) is 0 Å². The van der Waals surface area contributed by atoms with E-state index in [9.17, 15) is 0 Å². The molecule has 2 nitrogen and oxygen atoms in total. The van der Waals surface area contributed by atoms with Crippen molar-refractivity contribution in [2.24, 2.45) is 5.92 Å². The van der Waals surface area contributed by atoms with Crippen LogP contribution in [0.4, 0.5) is 0 Å². The zero-order valence-corrected chi connectivity index (χ0v) is 7.87. The molecule has 0 amide bonds. The average Bonchev–Trinajstić information content (AvgIpc) is 2.04. The van der Waals surface area contributed by atoms with Crippen LogP contribution in [0.1, 0.15) is 32.1 Å². The number of aliphatic hydroxyl groups excluding tert-OH is 1. The van der Waals surface area contributed by atoms with Gasteiger partial charge in [0, 0.05) is 18.7 Å². The fraction of sp³-hybridized carbons (Fsp3) is 1.00. The molecule has 2 saturated heterocycles. The van der Waals surface area contributed by atoms with Crippen molar-refractivity contribution in [2.75, 3.05) is 13.7 Å². The maximum atomic E-state index is 9.11. The molecule has 0 aliphatic carbocycles. The Labute approximate surface area is 74.6 Å². The second-order valence-electron chi connectivity index (χ2n) is 4.42. The number of hydrogen-bond acceptors (Lipinski definition) is 2. The van der Waals surface area contributed by atoms with E-state index in [1.165, 1.54) is 32.1 Å². The molecule has 12 heavy (non-hydrogen) atoms. The van der Waals surface area contributed by atoms with Gasteiger partial charge in [-0.1, -0.05) is 6.42 Å². The zero-order valence-electron chi connectivity index (χ0n) is 7.87. The first-order chi connectivity index (χ1) is 5.81. The molecule has 0 spiro atoms. The van der Waals surface area contributed by atoms with Gasteiger partial charge in [-0.3, -0.25) is 0 Å². The maximum Gasteiger partial charge on any atom is 0.0460 e. The first-order valence-corrected chi connectivity index (χ1v) is 5.14. The molecule has 2 heteroatoms. The summed E-state index contributed by atoms with van der Waals surface area (Å²) in [4.78, 5) is 2.54. The Morgan fingerprint density at radius 1 is 1.25 bits per heavy atom. The van der Waals surface area contributed by atoms with Crippen LogP contribution in [0, 0.1) is 5.92 Å². The molecule has 2 fully saturated rings. The topological polar surface area (TPSA) is 23.5 Å². The summed E-state index contributed by atoms with van der Waals surface area (Å²) in [5, 5.41) is 9.11. The Hall–Kier alpha value is -0.0800. The van der Waals surface area contributed by atoms with Crippen LogP contribution >= 0.6 is 0 Å². The summed E-state index contributed by atoms with van der Waals surface area (Å²) in [6.07, 6.45) is 6.55. The quantitative estimate of drug-likeness (QED) is 0.638. The lowest BCUT2D eigenvalue weighted by molar-refractivity contribution is 0.0185. The summed E-state index contributed by atoms with van der Waals surface area (Å²) in [5.41, 5.74) is 0. The van der Waals surface area contributed by atoms with E-state index in [0.29, 0.717) is 12.5 Å². The first-order valence-electron chi connectivity index (χ1n) is 5.14. The molecular formula is C10H19NO. The second kappa shape index (κ2) is 3.35. The van der Waals surface area contributed by atoms with Gasteiger partial charge >= 0.3 is 0 Å². The highest BCUT2D eigenvalue weighted by Crippen LogP contribution is 2.35. The largest absolute Gasteiger partial charge is 0.396 e. The van der Waals surface area contributed by atoms with Crippen molar-refractivity contribution in [1.82, 2.24) is 4.90 Å². The van der Waals surface area contributed by atoms with Gasteiger partial charge in [-0.05, 0) is 38.6 Å². The SMILES string of the molecule is CN1C2CCCC1CC(CO)C2. The van der Waals surface area contributed by atoms with Crippen LogP contribution < -0.4 is 0 Å². The Bertz CT molecular complexity index is 146. The lowest BCUT2D eigenvalue weighted by atomic mass is 9.79. The van der Waals surface area contributed by atoms with Gasteiger partial charge in [0.1, 0.15) is 0 Å². The fourth-order valence-electron chi connectivity index (χ4n) is 2.88. The summed E-state index contributed by atoms with van der Waals surface area (Å²) in [6.45, 7) is 0.404. The van der Waals surface area contributed by atoms with Gasteiger partial charge < -0.3 is 10.0 Å². The molecular weight excluding hydrogens is 150 g/mol. The number of piperidine rings is 2. The van der Waals surface area contributed by atoms with Crippen molar-refractivity contribution in [2.45, 2.75) is 44.2 Å². The number of fused-ring (bicyclic) bond motifs is 2. The standard InChI is InChI=1S/C10H19NO/c1-11-9-3-2-4-10(11)6-8(5-9)7-12/h8-10,12H,2-7H2,1H3. The van der Waals surface area contributed by atoms with Crippen LogP contribution in [-0.4, -0.2) is 35.7 Å². The third kappa shape index (κ3) is 1.38. The Morgan fingerprint density at radius 2 is 1.83 bits per heavy atom. The second-order valence-corrected chi connectivity index (χ2v) is 4.42. The monoisotopic (exact) mass is 169 g/mol. The van der Waals surface area contributed by atoms with Crippen molar-refractivity contribution in [3.05, 3.63) is 0 Å². The van der Waals surface area contributed by atoms with Crippen LogP contribution in [0.5, 0.6) is 0 Å². The van der Waals surface area contributed by atoms with Crippen molar-refractivity contribution in [1.29, 1.82) is 0 Å². The molecule has 0 aromatic heterocycles. The molecule has 2 aliphatic heterocycles. The Morgan fingerprint density at radius 3 is 2.33 bits per heavy atom. The molecule has 0 aromatic carbocycles. The third-order valence-electron chi connectivity index (χ3n) is 3.70. The summed E-state index contributed by atoms with van der Waals surface area (Å²) < 4.78 is 0. The van der Waals surface area contributed by atoms with Crippen molar-refractivity contribution in [3.63, 3.8) is 0 Å². The molecule has 0 saturated carbocycles. The molecule has 0 radical (unpaired) electrons. The van der Waals surface area contributed by atoms with E-state index in [4.69, 9.17) is 5.11 Å². The van der Waals surface area contributed by atoms with Crippen LogP contribution in [0.3, 0.4) is 0 Å². The minimum Gasteiger partial charge on any atom is -0.396 e. The van der Waals surface area contributed by atoms with E-state index in [1.807, 2.05) is 0 Å². The predicted octanol–water partition coefficient (Wildman–Crippen LogP) is 1.24. The van der Waals surface area contributed by atoms with E-state index in [2.05, 4.69) is 11.9 Å².